The van der Waals surface area contributed by atoms with Crippen molar-refractivity contribution in [1.29, 1.82) is 0 Å². The van der Waals surface area contributed by atoms with Crippen LogP contribution in [0.2, 0.25) is 0 Å². The first-order valence-corrected chi connectivity index (χ1v) is 6.61. The van der Waals surface area contributed by atoms with Gasteiger partial charge in [0.1, 0.15) is 5.82 Å². The van der Waals surface area contributed by atoms with Gasteiger partial charge in [-0.3, -0.25) is 4.98 Å². The lowest BCUT2D eigenvalue weighted by atomic mass is 10.2. The number of anilines is 1. The fraction of sp³-hybridized carbons (Fsp3) is 0.143. The van der Waals surface area contributed by atoms with Gasteiger partial charge in [-0.05, 0) is 46.3 Å². The van der Waals surface area contributed by atoms with Crippen molar-refractivity contribution in [1.82, 2.24) is 4.98 Å². The second-order valence-corrected chi connectivity index (χ2v) is 4.86. The number of carbonyl (C=O) groups excluding carboxylic acids is 1. The van der Waals surface area contributed by atoms with E-state index >= 15 is 0 Å². The largest absolute Gasteiger partial charge is 0.465 e. The fourth-order valence-corrected chi connectivity index (χ4v) is 1.97. The molecule has 0 aliphatic carbocycles. The molecule has 0 bridgehead atoms. The molecule has 1 N–H and O–H groups in total. The second-order valence-electron chi connectivity index (χ2n) is 4.01. The zero-order valence-corrected chi connectivity index (χ0v) is 12.3. The predicted molar refractivity (Wildman–Crippen MR) is 77.0 cm³/mol. The normalized spacial score (nSPS) is 10.2. The minimum atomic E-state index is -0.426. The van der Waals surface area contributed by atoms with Crippen molar-refractivity contribution in [3.05, 3.63) is 58.1 Å². The number of nitrogens with one attached hydrogen (secondary N) is 1. The number of benzene rings is 1. The Kier molecular flexibility index (Phi) is 4.68. The minimum Gasteiger partial charge on any atom is -0.465 e. The number of halogens is 2. The van der Waals surface area contributed by atoms with Crippen molar-refractivity contribution in [2.45, 2.75) is 6.54 Å². The molecule has 0 unspecified atom stereocenters. The van der Waals surface area contributed by atoms with Gasteiger partial charge in [-0.15, -0.1) is 0 Å². The smallest absolute Gasteiger partial charge is 0.339 e. The molecule has 2 aromatic rings. The lowest BCUT2D eigenvalue weighted by molar-refractivity contribution is 0.0600. The Morgan fingerprint density at radius 3 is 2.85 bits per heavy atom. The van der Waals surface area contributed by atoms with Gasteiger partial charge in [0.05, 0.1) is 30.6 Å². The van der Waals surface area contributed by atoms with Crippen molar-refractivity contribution >= 4 is 27.6 Å². The van der Waals surface area contributed by atoms with Gasteiger partial charge in [0.25, 0.3) is 0 Å². The summed E-state index contributed by atoms with van der Waals surface area (Å²) in [6.07, 6.45) is 1.45. The van der Waals surface area contributed by atoms with E-state index in [0.29, 0.717) is 17.8 Å². The van der Waals surface area contributed by atoms with Crippen LogP contribution in [0.3, 0.4) is 0 Å². The summed E-state index contributed by atoms with van der Waals surface area (Å²) in [6, 6.07) is 7.75. The van der Waals surface area contributed by atoms with E-state index in [2.05, 4.69) is 31.0 Å². The number of methoxy groups -OCH3 is 1. The van der Waals surface area contributed by atoms with Crippen LogP contribution < -0.4 is 5.32 Å². The number of esters is 1. The monoisotopic (exact) mass is 338 g/mol. The molecule has 0 aliphatic heterocycles. The zero-order valence-electron chi connectivity index (χ0n) is 10.7. The first kappa shape index (κ1) is 14.5. The fourth-order valence-electron chi connectivity index (χ4n) is 1.59. The highest BCUT2D eigenvalue weighted by molar-refractivity contribution is 9.10. The van der Waals surface area contributed by atoms with Gasteiger partial charge in [0.2, 0.25) is 0 Å². The van der Waals surface area contributed by atoms with Crippen molar-refractivity contribution < 1.29 is 13.9 Å². The molecule has 6 heteroatoms. The second kappa shape index (κ2) is 6.47. The molecule has 1 aromatic heterocycles. The van der Waals surface area contributed by atoms with Gasteiger partial charge < -0.3 is 10.1 Å². The summed E-state index contributed by atoms with van der Waals surface area (Å²) in [6.45, 7) is 0.420. The number of ether oxygens (including phenoxy) is 1. The number of pyridine rings is 1. The van der Waals surface area contributed by atoms with Crippen molar-refractivity contribution in [2.75, 3.05) is 12.4 Å². The zero-order chi connectivity index (χ0) is 14.5. The highest BCUT2D eigenvalue weighted by Crippen LogP contribution is 2.23. The molecule has 2 rings (SSSR count). The average molecular weight is 339 g/mol. The Hall–Kier alpha value is -1.95. The van der Waals surface area contributed by atoms with Crippen LogP contribution in [0, 0.1) is 5.82 Å². The summed E-state index contributed by atoms with van der Waals surface area (Å²) in [5.74, 6) is -0.741. The lowest BCUT2D eigenvalue weighted by Gasteiger charge is -2.08. The summed E-state index contributed by atoms with van der Waals surface area (Å²) < 4.78 is 18.5. The summed E-state index contributed by atoms with van der Waals surface area (Å²) in [5.41, 5.74) is 1.76. The maximum absolute atomic E-state index is 13.1. The number of hydrogen-bond donors (Lipinski definition) is 1. The lowest BCUT2D eigenvalue weighted by Crippen LogP contribution is -2.05. The van der Waals surface area contributed by atoms with Crippen molar-refractivity contribution in [3.8, 4) is 0 Å². The van der Waals surface area contributed by atoms with Gasteiger partial charge in [-0.1, -0.05) is 0 Å². The topological polar surface area (TPSA) is 51.2 Å². The Morgan fingerprint density at radius 1 is 1.40 bits per heavy atom. The van der Waals surface area contributed by atoms with Gasteiger partial charge in [0, 0.05) is 10.7 Å². The molecule has 20 heavy (non-hydrogen) atoms. The van der Waals surface area contributed by atoms with Crippen LogP contribution >= 0.6 is 15.9 Å². The molecule has 0 amide bonds. The Labute approximate surface area is 124 Å². The van der Waals surface area contributed by atoms with Crippen LogP contribution in [0.5, 0.6) is 0 Å². The van der Waals surface area contributed by atoms with Gasteiger partial charge in [-0.25, -0.2) is 9.18 Å². The Morgan fingerprint density at radius 2 is 2.20 bits per heavy atom. The number of carbonyl (C=O) groups is 1. The minimum absolute atomic E-state index is 0.315. The van der Waals surface area contributed by atoms with E-state index in [1.165, 1.54) is 25.4 Å². The summed E-state index contributed by atoms with van der Waals surface area (Å²) in [7, 11) is 1.32. The van der Waals surface area contributed by atoms with E-state index in [1.54, 1.807) is 18.2 Å². The number of aromatic nitrogens is 1. The van der Waals surface area contributed by atoms with Gasteiger partial charge in [0.15, 0.2) is 0 Å². The standard InChI is InChI=1S/C14H12BrFN2O2/c1-20-14(19)9-2-4-11(17-7-9)8-18-13-6-10(16)3-5-12(13)15/h2-7,18H,8H2,1H3. The molecule has 0 atom stereocenters. The molecule has 0 spiro atoms. The van der Waals surface area contributed by atoms with E-state index < -0.39 is 5.97 Å². The molecule has 0 radical (unpaired) electrons. The van der Waals surface area contributed by atoms with Gasteiger partial charge >= 0.3 is 5.97 Å². The highest BCUT2D eigenvalue weighted by atomic mass is 79.9. The van der Waals surface area contributed by atoms with E-state index in [-0.39, 0.29) is 5.82 Å². The number of rotatable bonds is 4. The van der Waals surface area contributed by atoms with E-state index in [0.717, 1.165) is 10.2 Å². The van der Waals surface area contributed by atoms with Crippen LogP contribution in [-0.4, -0.2) is 18.1 Å². The van der Waals surface area contributed by atoms with Crippen molar-refractivity contribution in [3.63, 3.8) is 0 Å². The van der Waals surface area contributed by atoms with Crippen LogP contribution in [0.15, 0.2) is 41.0 Å². The number of hydrogen-bond acceptors (Lipinski definition) is 4. The molecule has 4 nitrogen and oxygen atoms in total. The third-order valence-corrected chi connectivity index (χ3v) is 3.33. The first-order chi connectivity index (χ1) is 9.60. The van der Waals surface area contributed by atoms with Gasteiger partial charge in [-0.2, -0.15) is 0 Å². The summed E-state index contributed by atoms with van der Waals surface area (Å²) >= 11 is 3.33. The third-order valence-electron chi connectivity index (χ3n) is 2.63. The quantitative estimate of drug-likeness (QED) is 0.868. The van der Waals surface area contributed by atoms with Crippen molar-refractivity contribution in [2.24, 2.45) is 0 Å². The third kappa shape index (κ3) is 3.54. The molecule has 0 aliphatic rings. The molecular formula is C14H12BrFN2O2. The molecule has 0 saturated carbocycles. The average Bonchev–Trinajstić information content (AvgIpc) is 2.48. The van der Waals surface area contributed by atoms with E-state index in [1.807, 2.05) is 0 Å². The van der Waals surface area contributed by atoms with Crippen LogP contribution in [-0.2, 0) is 11.3 Å². The molecule has 0 saturated heterocycles. The molecule has 1 heterocycles. The molecule has 0 fully saturated rings. The number of nitrogens with zero attached hydrogens (tertiary/aromatic N) is 1. The molecular weight excluding hydrogens is 327 g/mol. The van der Waals surface area contributed by atoms with Crippen LogP contribution in [0.25, 0.3) is 0 Å². The van der Waals surface area contributed by atoms with Crippen LogP contribution in [0.4, 0.5) is 10.1 Å². The maximum atomic E-state index is 13.1. The Bertz CT molecular complexity index is 617. The maximum Gasteiger partial charge on any atom is 0.339 e. The molecule has 104 valence electrons. The highest BCUT2D eigenvalue weighted by Gasteiger charge is 2.06. The summed E-state index contributed by atoms with van der Waals surface area (Å²) in [4.78, 5) is 15.4. The van der Waals surface area contributed by atoms with Crippen LogP contribution in [0.1, 0.15) is 16.1 Å². The van der Waals surface area contributed by atoms with E-state index in [9.17, 15) is 9.18 Å². The summed E-state index contributed by atoms with van der Waals surface area (Å²) in [5, 5.41) is 3.07. The Balaban J connectivity index is 2.04. The van der Waals surface area contributed by atoms with E-state index in [4.69, 9.17) is 0 Å². The first-order valence-electron chi connectivity index (χ1n) is 5.82. The SMILES string of the molecule is COC(=O)c1ccc(CNc2cc(F)ccc2Br)nc1. The predicted octanol–water partition coefficient (Wildman–Crippen LogP) is 3.38. The molecule has 1 aromatic carbocycles.